The van der Waals surface area contributed by atoms with Gasteiger partial charge in [0.1, 0.15) is 17.1 Å². The summed E-state index contributed by atoms with van der Waals surface area (Å²) < 4.78 is 15.1. The van der Waals surface area contributed by atoms with Crippen LogP contribution in [0.2, 0.25) is 0 Å². The maximum atomic E-state index is 13.6. The van der Waals surface area contributed by atoms with E-state index >= 15 is 0 Å². The lowest BCUT2D eigenvalue weighted by molar-refractivity contribution is 0.0950. The second kappa shape index (κ2) is 8.47. The second-order valence-electron chi connectivity index (χ2n) is 6.27. The number of aryl methyl sites for hydroxylation is 1. The number of hydrogen-bond donors (Lipinski definition) is 2. The van der Waals surface area contributed by atoms with Crippen molar-refractivity contribution < 1.29 is 14.3 Å². The number of amides is 1. The van der Waals surface area contributed by atoms with Crippen LogP contribution in [0.25, 0.3) is 10.9 Å². The minimum atomic E-state index is -0.855. The zero-order chi connectivity index (χ0) is 20.1. The van der Waals surface area contributed by atoms with Gasteiger partial charge in [-0.3, -0.25) is 9.59 Å². The van der Waals surface area contributed by atoms with E-state index < -0.39 is 23.0 Å². The molecule has 2 N–H and O–H groups in total. The Morgan fingerprint density at radius 1 is 1.21 bits per heavy atom. The lowest BCUT2D eigenvalue weighted by Crippen LogP contribution is -2.31. The number of fused-ring (bicyclic) bond motifs is 1. The van der Waals surface area contributed by atoms with E-state index in [9.17, 15) is 19.1 Å². The molecule has 2 aromatic carbocycles. The van der Waals surface area contributed by atoms with Crippen LogP contribution in [-0.2, 0) is 6.54 Å². The van der Waals surface area contributed by atoms with Crippen LogP contribution in [-0.4, -0.2) is 21.8 Å². The molecule has 0 aliphatic carbocycles. The predicted molar refractivity (Wildman–Crippen MR) is 106 cm³/mol. The van der Waals surface area contributed by atoms with Crippen molar-refractivity contribution in [3.63, 3.8) is 0 Å². The number of nitrogens with one attached hydrogen (secondary N) is 1. The van der Waals surface area contributed by atoms with Crippen LogP contribution in [0.5, 0.6) is 5.75 Å². The summed E-state index contributed by atoms with van der Waals surface area (Å²) in [5.74, 6) is -1.74. The fraction of sp³-hybridized carbons (Fsp3) is 0.190. The number of rotatable bonds is 6. The normalized spacial score (nSPS) is 11.2. The number of para-hydroxylation sites is 1. The minimum Gasteiger partial charge on any atom is -0.506 e. The summed E-state index contributed by atoms with van der Waals surface area (Å²) in [6.07, 6.45) is 2.76. The van der Waals surface area contributed by atoms with Gasteiger partial charge in [-0.1, -0.05) is 43.7 Å². The fourth-order valence-corrected chi connectivity index (χ4v) is 2.93. The van der Waals surface area contributed by atoms with Crippen molar-refractivity contribution in [1.82, 2.24) is 9.99 Å². The number of pyridine rings is 1. The van der Waals surface area contributed by atoms with Gasteiger partial charge in [-0.15, -0.1) is 0 Å². The van der Waals surface area contributed by atoms with E-state index in [0.29, 0.717) is 17.4 Å². The molecule has 3 rings (SSSR count). The first-order chi connectivity index (χ1) is 13.5. The van der Waals surface area contributed by atoms with Gasteiger partial charge in [0.05, 0.1) is 11.7 Å². The Labute approximate surface area is 160 Å². The highest BCUT2D eigenvalue weighted by Crippen LogP contribution is 2.26. The zero-order valence-corrected chi connectivity index (χ0v) is 15.4. The highest BCUT2D eigenvalue weighted by Gasteiger charge is 2.21. The number of nitrogens with zero attached hydrogens (tertiary/aromatic N) is 2. The van der Waals surface area contributed by atoms with Crippen LogP contribution >= 0.6 is 0 Å². The topological polar surface area (TPSA) is 83.7 Å². The molecule has 0 bridgehead atoms. The third-order valence-corrected chi connectivity index (χ3v) is 4.38. The first-order valence-electron chi connectivity index (χ1n) is 8.97. The molecule has 0 unspecified atom stereocenters. The smallest absolute Gasteiger partial charge is 0.280 e. The predicted octanol–water partition coefficient (Wildman–Crippen LogP) is 3.41. The van der Waals surface area contributed by atoms with Gasteiger partial charge in [-0.2, -0.15) is 5.10 Å². The molecule has 1 amide bonds. The summed E-state index contributed by atoms with van der Waals surface area (Å²) in [4.78, 5) is 25.4. The number of halogens is 1. The Morgan fingerprint density at radius 3 is 2.68 bits per heavy atom. The van der Waals surface area contributed by atoms with Crippen molar-refractivity contribution in [3.05, 3.63) is 75.8 Å². The molecule has 0 fully saturated rings. The maximum absolute atomic E-state index is 13.6. The molecule has 1 aromatic heterocycles. The summed E-state index contributed by atoms with van der Waals surface area (Å²) in [5.41, 5.74) is 1.96. The molecule has 0 saturated heterocycles. The number of aromatic nitrogens is 1. The van der Waals surface area contributed by atoms with Crippen LogP contribution in [0.4, 0.5) is 4.39 Å². The highest BCUT2D eigenvalue weighted by atomic mass is 19.1. The molecule has 0 saturated carbocycles. The number of carbonyl (C=O) groups is 1. The largest absolute Gasteiger partial charge is 0.506 e. The average Bonchev–Trinajstić information content (AvgIpc) is 2.69. The minimum absolute atomic E-state index is 0.186. The molecule has 0 spiro atoms. The van der Waals surface area contributed by atoms with Crippen molar-refractivity contribution in [1.29, 1.82) is 0 Å². The number of carbonyl (C=O) groups excluding carboxylic acids is 1. The Morgan fingerprint density at radius 2 is 1.93 bits per heavy atom. The lowest BCUT2D eigenvalue weighted by atomic mass is 10.1. The molecule has 0 radical (unpaired) electrons. The van der Waals surface area contributed by atoms with Gasteiger partial charge in [-0.25, -0.2) is 9.82 Å². The fourth-order valence-electron chi connectivity index (χ4n) is 2.93. The van der Waals surface area contributed by atoms with E-state index in [1.807, 2.05) is 6.92 Å². The van der Waals surface area contributed by atoms with E-state index in [1.165, 1.54) is 22.8 Å². The van der Waals surface area contributed by atoms with Gasteiger partial charge in [-0.05, 0) is 24.6 Å². The zero-order valence-electron chi connectivity index (χ0n) is 15.4. The molecule has 3 aromatic rings. The van der Waals surface area contributed by atoms with Crippen LogP contribution in [0.1, 0.15) is 35.7 Å². The molecule has 0 aliphatic rings. The first-order valence-corrected chi connectivity index (χ1v) is 8.97. The first kappa shape index (κ1) is 19.3. The van der Waals surface area contributed by atoms with E-state index in [0.717, 1.165) is 19.1 Å². The summed E-state index contributed by atoms with van der Waals surface area (Å²) in [6, 6.07) is 12.8. The molecular formula is C21H20FN3O3. The van der Waals surface area contributed by atoms with E-state index in [1.54, 1.807) is 30.3 Å². The van der Waals surface area contributed by atoms with Crippen molar-refractivity contribution in [3.8, 4) is 5.75 Å². The average molecular weight is 381 g/mol. The Balaban J connectivity index is 1.98. The molecule has 1 heterocycles. The van der Waals surface area contributed by atoms with Gasteiger partial charge < -0.3 is 9.67 Å². The van der Waals surface area contributed by atoms with Crippen LogP contribution < -0.4 is 11.0 Å². The maximum Gasteiger partial charge on any atom is 0.280 e. The molecule has 7 heteroatoms. The number of aromatic hydroxyl groups is 1. The Hall–Kier alpha value is -3.48. The van der Waals surface area contributed by atoms with Gasteiger partial charge in [0.25, 0.3) is 11.5 Å². The number of unbranched alkanes of at least 4 members (excludes halogenated alkanes) is 1. The van der Waals surface area contributed by atoms with Crippen molar-refractivity contribution in [2.45, 2.75) is 26.3 Å². The van der Waals surface area contributed by atoms with Gasteiger partial charge in [0.2, 0.25) is 0 Å². The van der Waals surface area contributed by atoms with Crippen LogP contribution in [0, 0.1) is 5.82 Å². The standard InChI is InChI=1S/C21H20FN3O3/c1-2-3-12-25-17-11-7-5-9-15(17)19(26)18(21(25)28)20(27)24-23-13-14-8-4-6-10-16(14)22/h4-11,13,26H,2-3,12H2,1H3,(H,24,27)/b23-13+. The molecule has 0 atom stereocenters. The lowest BCUT2D eigenvalue weighted by Gasteiger charge is -2.14. The molecule has 28 heavy (non-hydrogen) atoms. The number of benzene rings is 2. The number of hydrogen-bond acceptors (Lipinski definition) is 4. The Bertz CT molecular complexity index is 1110. The second-order valence-corrected chi connectivity index (χ2v) is 6.27. The SMILES string of the molecule is CCCCn1c(=O)c(C(=O)N/N=C/c2ccccc2F)c(O)c2ccccc21. The van der Waals surface area contributed by atoms with Crippen molar-refractivity contribution in [2.75, 3.05) is 0 Å². The molecule has 144 valence electrons. The van der Waals surface area contributed by atoms with Crippen LogP contribution in [0.3, 0.4) is 0 Å². The van der Waals surface area contributed by atoms with E-state index in [-0.39, 0.29) is 11.1 Å². The highest BCUT2D eigenvalue weighted by molar-refractivity contribution is 6.02. The third kappa shape index (κ3) is 3.78. The van der Waals surface area contributed by atoms with Gasteiger partial charge in [0, 0.05) is 17.5 Å². The van der Waals surface area contributed by atoms with E-state index in [4.69, 9.17) is 0 Å². The third-order valence-electron chi connectivity index (χ3n) is 4.38. The van der Waals surface area contributed by atoms with Crippen molar-refractivity contribution in [2.24, 2.45) is 5.10 Å². The van der Waals surface area contributed by atoms with Gasteiger partial charge >= 0.3 is 0 Å². The number of hydrazone groups is 1. The van der Waals surface area contributed by atoms with E-state index in [2.05, 4.69) is 10.5 Å². The summed E-state index contributed by atoms with van der Waals surface area (Å²) in [5, 5.41) is 14.6. The molecule has 0 aliphatic heterocycles. The Kier molecular flexibility index (Phi) is 5.84. The monoisotopic (exact) mass is 381 g/mol. The van der Waals surface area contributed by atoms with Gasteiger partial charge in [0.15, 0.2) is 0 Å². The van der Waals surface area contributed by atoms with Crippen molar-refractivity contribution >= 4 is 23.0 Å². The summed E-state index contributed by atoms with van der Waals surface area (Å²) in [6.45, 7) is 2.42. The summed E-state index contributed by atoms with van der Waals surface area (Å²) in [7, 11) is 0. The molecule has 6 nitrogen and oxygen atoms in total. The quantitative estimate of drug-likeness (QED) is 0.507. The molecular weight excluding hydrogens is 361 g/mol. The van der Waals surface area contributed by atoms with Crippen LogP contribution in [0.15, 0.2) is 58.4 Å². The summed E-state index contributed by atoms with van der Waals surface area (Å²) >= 11 is 0.